The monoisotopic (exact) mass is 424 g/mol. The van der Waals surface area contributed by atoms with E-state index in [1.807, 2.05) is 66.0 Å². The van der Waals surface area contributed by atoms with E-state index in [0.717, 1.165) is 21.8 Å². The van der Waals surface area contributed by atoms with E-state index in [0.29, 0.717) is 23.6 Å². The first-order valence-corrected chi connectivity index (χ1v) is 10.4. The van der Waals surface area contributed by atoms with E-state index in [2.05, 4.69) is 26.5 Å². The topological polar surface area (TPSA) is 99.1 Å². The van der Waals surface area contributed by atoms with Crippen LogP contribution in [0.25, 0.3) is 27.3 Å². The van der Waals surface area contributed by atoms with E-state index in [1.54, 1.807) is 17.5 Å². The van der Waals surface area contributed by atoms with Crippen molar-refractivity contribution in [2.24, 2.45) is 0 Å². The van der Waals surface area contributed by atoms with Crippen LogP contribution in [-0.2, 0) is 6.54 Å². The molecule has 0 bridgehead atoms. The number of hydrogen-bond donors (Lipinski definition) is 2. The summed E-state index contributed by atoms with van der Waals surface area (Å²) >= 11 is 1.56. The maximum absolute atomic E-state index is 10.8. The van der Waals surface area contributed by atoms with Gasteiger partial charge in [-0.05, 0) is 5.56 Å². The molecule has 150 valence electrons. The van der Waals surface area contributed by atoms with Gasteiger partial charge in [0.25, 0.3) is 0 Å². The lowest BCUT2D eigenvalue weighted by Crippen LogP contribution is -2.02. The number of aromatic hydroxyl groups is 1. The Bertz CT molecular complexity index is 1400. The van der Waals surface area contributed by atoms with Gasteiger partial charge in [0.15, 0.2) is 11.5 Å². The average molecular weight is 424 g/mol. The highest BCUT2D eigenvalue weighted by molar-refractivity contribution is 7.13. The quantitative estimate of drug-likeness (QED) is 0.424. The third-order valence-corrected chi connectivity index (χ3v) is 5.76. The number of nitriles is 1. The first-order valence-electron chi connectivity index (χ1n) is 9.54. The molecule has 8 heteroatoms. The number of benzene rings is 2. The van der Waals surface area contributed by atoms with E-state index < -0.39 is 0 Å². The van der Waals surface area contributed by atoms with E-state index in [9.17, 15) is 10.4 Å². The van der Waals surface area contributed by atoms with Crippen molar-refractivity contribution >= 4 is 22.8 Å². The van der Waals surface area contributed by atoms with Gasteiger partial charge in [0.05, 0.1) is 17.8 Å². The number of fused-ring (bicyclic) bond motifs is 1. The van der Waals surface area contributed by atoms with Crippen LogP contribution in [0.3, 0.4) is 0 Å². The summed E-state index contributed by atoms with van der Waals surface area (Å²) in [5.41, 5.74) is 3.82. The number of rotatable bonds is 5. The third-order valence-electron chi connectivity index (χ3n) is 4.82. The minimum absolute atomic E-state index is 0.0687. The summed E-state index contributed by atoms with van der Waals surface area (Å²) in [5, 5.41) is 30.9. The fourth-order valence-electron chi connectivity index (χ4n) is 3.30. The Morgan fingerprint density at radius 2 is 1.74 bits per heavy atom. The summed E-state index contributed by atoms with van der Waals surface area (Å²) in [5.74, 6) is 0.283. The van der Waals surface area contributed by atoms with Crippen LogP contribution in [0.2, 0.25) is 0 Å². The minimum Gasteiger partial charge on any atom is -0.493 e. The Kier molecular flexibility index (Phi) is 4.78. The second kappa shape index (κ2) is 7.89. The third kappa shape index (κ3) is 3.47. The van der Waals surface area contributed by atoms with Gasteiger partial charge in [-0.25, -0.2) is 9.97 Å². The smallest absolute Gasteiger partial charge is 0.223 e. The van der Waals surface area contributed by atoms with Crippen LogP contribution >= 0.6 is 11.3 Å². The maximum Gasteiger partial charge on any atom is 0.223 e. The summed E-state index contributed by atoms with van der Waals surface area (Å²) in [6, 6.07) is 21.5. The molecule has 2 N–H and O–H groups in total. The van der Waals surface area contributed by atoms with Crippen molar-refractivity contribution in [1.82, 2.24) is 19.6 Å². The molecule has 3 heterocycles. The van der Waals surface area contributed by atoms with E-state index in [-0.39, 0.29) is 11.4 Å². The molecule has 3 aromatic heterocycles. The second-order valence-electron chi connectivity index (χ2n) is 6.80. The first-order chi connectivity index (χ1) is 15.2. The van der Waals surface area contributed by atoms with Gasteiger partial charge >= 0.3 is 0 Å². The van der Waals surface area contributed by atoms with Crippen LogP contribution in [0.1, 0.15) is 11.3 Å². The van der Waals surface area contributed by atoms with Crippen molar-refractivity contribution in [2.45, 2.75) is 6.54 Å². The molecule has 0 saturated heterocycles. The van der Waals surface area contributed by atoms with Gasteiger partial charge in [-0.3, -0.25) is 0 Å². The Morgan fingerprint density at radius 3 is 2.45 bits per heavy atom. The number of nitrogens with one attached hydrogen (secondary N) is 1. The van der Waals surface area contributed by atoms with Crippen molar-refractivity contribution in [3.8, 4) is 33.6 Å². The molecule has 0 aliphatic rings. The molecule has 0 aliphatic heterocycles. The largest absolute Gasteiger partial charge is 0.493 e. The number of nitrogens with zero attached hydrogens (tertiary/aromatic N) is 5. The molecule has 0 spiro atoms. The number of hydrogen-bond acceptors (Lipinski definition) is 7. The van der Waals surface area contributed by atoms with Crippen LogP contribution in [0.15, 0.2) is 72.2 Å². The fraction of sp³-hybridized carbons (Fsp3) is 0.0435. The van der Waals surface area contributed by atoms with Gasteiger partial charge in [-0.1, -0.05) is 60.7 Å². The van der Waals surface area contributed by atoms with Crippen molar-refractivity contribution < 1.29 is 5.11 Å². The molecule has 0 atom stereocenters. The zero-order valence-electron chi connectivity index (χ0n) is 16.2. The SMILES string of the molecule is N#Cc1c(NCc2csc(-c3ccccc3)n2)nn2c(O)c(-c3ccccc3)cnc12. The summed E-state index contributed by atoms with van der Waals surface area (Å²) in [6.07, 6.45) is 1.55. The van der Waals surface area contributed by atoms with Gasteiger partial charge in [-0.15, -0.1) is 16.4 Å². The molecule has 0 fully saturated rings. The molecule has 0 amide bonds. The fourth-order valence-corrected chi connectivity index (χ4v) is 4.12. The van der Waals surface area contributed by atoms with Gasteiger partial charge < -0.3 is 10.4 Å². The number of thiazole rings is 1. The van der Waals surface area contributed by atoms with Crippen molar-refractivity contribution in [2.75, 3.05) is 5.32 Å². The standard InChI is InChI=1S/C23H16N6OS/c24-11-18-20(25-12-17-14-31-22(27-17)16-9-5-2-6-10-16)28-29-21(18)26-13-19(23(29)30)15-7-3-1-4-8-15/h1-10,13-14,30H,12H2,(H,25,28). The maximum atomic E-state index is 10.8. The van der Waals surface area contributed by atoms with Crippen LogP contribution in [-0.4, -0.2) is 24.7 Å². The van der Waals surface area contributed by atoms with Crippen molar-refractivity contribution in [3.05, 3.63) is 83.5 Å². The lowest BCUT2D eigenvalue weighted by molar-refractivity contribution is 0.438. The molecule has 0 saturated carbocycles. The molecule has 0 radical (unpaired) electrons. The highest BCUT2D eigenvalue weighted by Gasteiger charge is 2.19. The molecule has 0 unspecified atom stereocenters. The lowest BCUT2D eigenvalue weighted by Gasteiger charge is -2.05. The van der Waals surface area contributed by atoms with Crippen LogP contribution in [0.5, 0.6) is 5.88 Å². The molecular weight excluding hydrogens is 408 g/mol. The van der Waals surface area contributed by atoms with Gasteiger partial charge in [0.2, 0.25) is 5.88 Å². The average Bonchev–Trinajstić information content (AvgIpc) is 3.44. The molecule has 0 aliphatic carbocycles. The summed E-state index contributed by atoms with van der Waals surface area (Å²) in [4.78, 5) is 9.02. The van der Waals surface area contributed by atoms with Crippen LogP contribution in [0.4, 0.5) is 5.82 Å². The molecule has 5 rings (SSSR count). The molecular formula is C23H16N6OS. The van der Waals surface area contributed by atoms with E-state index >= 15 is 0 Å². The van der Waals surface area contributed by atoms with Crippen molar-refractivity contribution in [3.63, 3.8) is 0 Å². The Labute approximate surface area is 181 Å². The summed E-state index contributed by atoms with van der Waals surface area (Å²) in [7, 11) is 0. The molecule has 31 heavy (non-hydrogen) atoms. The summed E-state index contributed by atoms with van der Waals surface area (Å²) < 4.78 is 1.29. The molecule has 5 aromatic rings. The number of aromatic nitrogens is 4. The lowest BCUT2D eigenvalue weighted by atomic mass is 10.1. The van der Waals surface area contributed by atoms with Gasteiger partial charge in [0, 0.05) is 17.1 Å². The van der Waals surface area contributed by atoms with E-state index in [1.165, 1.54) is 4.52 Å². The minimum atomic E-state index is -0.0687. The van der Waals surface area contributed by atoms with E-state index in [4.69, 9.17) is 0 Å². The Hall–Kier alpha value is -4.22. The zero-order chi connectivity index (χ0) is 21.2. The zero-order valence-corrected chi connectivity index (χ0v) is 17.0. The predicted octanol–water partition coefficient (Wildman–Crippen LogP) is 4.71. The number of anilines is 1. The van der Waals surface area contributed by atoms with Crippen molar-refractivity contribution in [1.29, 1.82) is 5.26 Å². The highest BCUT2D eigenvalue weighted by Crippen LogP contribution is 2.31. The normalized spacial score (nSPS) is 10.8. The Balaban J connectivity index is 1.45. The molecule has 7 nitrogen and oxygen atoms in total. The van der Waals surface area contributed by atoms with Gasteiger partial charge in [-0.2, -0.15) is 9.78 Å². The summed E-state index contributed by atoms with van der Waals surface area (Å²) in [6.45, 7) is 0.397. The predicted molar refractivity (Wildman–Crippen MR) is 120 cm³/mol. The Morgan fingerprint density at radius 1 is 1.03 bits per heavy atom. The first kappa shape index (κ1) is 18.8. The highest BCUT2D eigenvalue weighted by atomic mass is 32.1. The molecule has 2 aromatic carbocycles. The van der Waals surface area contributed by atoms with Crippen LogP contribution in [0, 0.1) is 11.3 Å². The van der Waals surface area contributed by atoms with Gasteiger partial charge in [0.1, 0.15) is 16.6 Å². The second-order valence-corrected chi connectivity index (χ2v) is 7.65. The van der Waals surface area contributed by atoms with Crippen LogP contribution < -0.4 is 5.32 Å².